The normalized spacial score (nSPS) is 15.6. The molecule has 1 aliphatic rings. The lowest BCUT2D eigenvalue weighted by molar-refractivity contribution is -0.121. The fourth-order valence-corrected chi connectivity index (χ4v) is 3.92. The maximum atomic E-state index is 13.1. The Bertz CT molecular complexity index is 950. The van der Waals surface area contributed by atoms with E-state index in [9.17, 15) is 17.6 Å². The number of benzene rings is 2. The van der Waals surface area contributed by atoms with Crippen LogP contribution in [0.4, 0.5) is 10.1 Å². The highest BCUT2D eigenvalue weighted by Gasteiger charge is 2.21. The molecule has 0 aromatic heterocycles. The maximum absolute atomic E-state index is 13.1. The van der Waals surface area contributed by atoms with Crippen LogP contribution in [0.3, 0.4) is 0 Å². The summed E-state index contributed by atoms with van der Waals surface area (Å²) < 4.78 is 49.7. The van der Waals surface area contributed by atoms with Gasteiger partial charge in [-0.1, -0.05) is 12.1 Å². The van der Waals surface area contributed by atoms with Crippen molar-refractivity contribution in [1.29, 1.82) is 0 Å². The molecule has 0 radical (unpaired) electrons. The highest BCUT2D eigenvalue weighted by molar-refractivity contribution is 7.92. The van der Waals surface area contributed by atoms with Gasteiger partial charge < -0.3 is 14.8 Å². The summed E-state index contributed by atoms with van der Waals surface area (Å²) in [4.78, 5) is 12.1. The van der Waals surface area contributed by atoms with Crippen LogP contribution in [0.1, 0.15) is 12.8 Å². The molecule has 1 heterocycles. The first-order valence-corrected chi connectivity index (χ1v) is 11.1. The standard InChI is InChI=1S/C20H23FN2O5S/c1-29(25,26)23(16-10-8-15(21)9-11-16)12-4-7-20(24)22-13-17-14-27-18-5-2-3-6-19(18)28-17/h2-3,5-6,8-11,17H,4,7,12-14H2,1H3,(H,22,24). The summed E-state index contributed by atoms with van der Waals surface area (Å²) in [6.45, 7) is 0.749. The van der Waals surface area contributed by atoms with Crippen LogP contribution in [0, 0.1) is 5.82 Å². The molecule has 0 bridgehead atoms. The lowest BCUT2D eigenvalue weighted by Crippen LogP contribution is -2.41. The molecule has 9 heteroatoms. The Balaban J connectivity index is 1.45. The summed E-state index contributed by atoms with van der Waals surface area (Å²) in [7, 11) is -3.54. The third-order valence-electron chi connectivity index (χ3n) is 4.37. The van der Waals surface area contributed by atoms with E-state index in [1.807, 2.05) is 18.2 Å². The van der Waals surface area contributed by atoms with E-state index in [1.54, 1.807) is 6.07 Å². The Labute approximate surface area is 169 Å². The molecule has 29 heavy (non-hydrogen) atoms. The predicted octanol–water partition coefficient (Wildman–Crippen LogP) is 2.33. The van der Waals surface area contributed by atoms with E-state index < -0.39 is 15.8 Å². The molecule has 1 atom stereocenters. The van der Waals surface area contributed by atoms with Crippen molar-refractivity contribution in [1.82, 2.24) is 5.32 Å². The Morgan fingerprint density at radius 1 is 1.17 bits per heavy atom. The zero-order chi connectivity index (χ0) is 20.9. The number of nitrogens with zero attached hydrogens (tertiary/aromatic N) is 1. The van der Waals surface area contributed by atoms with E-state index in [-0.39, 0.29) is 25.0 Å². The van der Waals surface area contributed by atoms with Crippen molar-refractivity contribution < 1.29 is 27.1 Å². The van der Waals surface area contributed by atoms with Crippen LogP contribution in [0.5, 0.6) is 11.5 Å². The molecule has 0 saturated heterocycles. The van der Waals surface area contributed by atoms with Crippen molar-refractivity contribution in [3.63, 3.8) is 0 Å². The van der Waals surface area contributed by atoms with Gasteiger partial charge in [0.1, 0.15) is 18.5 Å². The number of carbonyl (C=O) groups excluding carboxylic acids is 1. The molecule has 2 aromatic rings. The molecule has 156 valence electrons. The second-order valence-electron chi connectivity index (χ2n) is 6.72. The molecule has 0 fully saturated rings. The second-order valence-corrected chi connectivity index (χ2v) is 8.62. The van der Waals surface area contributed by atoms with Crippen LogP contribution in [0.2, 0.25) is 0 Å². The number of ether oxygens (including phenoxy) is 2. The number of fused-ring (bicyclic) bond motifs is 1. The zero-order valence-electron chi connectivity index (χ0n) is 16.0. The van der Waals surface area contributed by atoms with Gasteiger partial charge in [-0.25, -0.2) is 12.8 Å². The smallest absolute Gasteiger partial charge is 0.232 e. The van der Waals surface area contributed by atoms with E-state index in [0.29, 0.717) is 36.8 Å². The first-order chi connectivity index (χ1) is 13.8. The molecule has 0 spiro atoms. The van der Waals surface area contributed by atoms with Crippen molar-refractivity contribution in [2.75, 3.05) is 30.3 Å². The first-order valence-electron chi connectivity index (χ1n) is 9.21. The van der Waals surface area contributed by atoms with Crippen molar-refractivity contribution in [3.05, 3.63) is 54.3 Å². The van der Waals surface area contributed by atoms with E-state index in [4.69, 9.17) is 9.47 Å². The monoisotopic (exact) mass is 422 g/mol. The quantitative estimate of drug-likeness (QED) is 0.706. The molecule has 1 aliphatic heterocycles. The van der Waals surface area contributed by atoms with Crippen LogP contribution >= 0.6 is 0 Å². The highest BCUT2D eigenvalue weighted by Crippen LogP contribution is 2.30. The average molecular weight is 422 g/mol. The van der Waals surface area contributed by atoms with Gasteiger partial charge in [0.2, 0.25) is 15.9 Å². The summed E-state index contributed by atoms with van der Waals surface area (Å²) in [5.41, 5.74) is 0.362. The van der Waals surface area contributed by atoms with Crippen LogP contribution in [0.15, 0.2) is 48.5 Å². The molecular weight excluding hydrogens is 399 g/mol. The van der Waals surface area contributed by atoms with Crippen molar-refractivity contribution in [3.8, 4) is 11.5 Å². The minimum absolute atomic E-state index is 0.119. The highest BCUT2D eigenvalue weighted by atomic mass is 32.2. The van der Waals surface area contributed by atoms with Crippen LogP contribution in [0.25, 0.3) is 0 Å². The number of hydrogen-bond acceptors (Lipinski definition) is 5. The Morgan fingerprint density at radius 2 is 1.86 bits per heavy atom. The number of sulfonamides is 1. The number of amides is 1. The van der Waals surface area contributed by atoms with Crippen molar-refractivity contribution in [2.45, 2.75) is 18.9 Å². The van der Waals surface area contributed by atoms with E-state index >= 15 is 0 Å². The van der Waals surface area contributed by atoms with Gasteiger partial charge in [-0.3, -0.25) is 9.10 Å². The van der Waals surface area contributed by atoms with Gasteiger partial charge in [-0.05, 0) is 42.8 Å². The summed E-state index contributed by atoms with van der Waals surface area (Å²) in [5.74, 6) is 0.663. The minimum atomic E-state index is -3.54. The topological polar surface area (TPSA) is 84.9 Å². The molecule has 1 amide bonds. The van der Waals surface area contributed by atoms with Gasteiger partial charge in [0.25, 0.3) is 0 Å². The number of carbonyl (C=O) groups is 1. The third kappa shape index (κ3) is 5.83. The number of rotatable bonds is 8. The molecule has 1 unspecified atom stereocenters. The van der Waals surface area contributed by atoms with Gasteiger partial charge >= 0.3 is 0 Å². The number of anilines is 1. The number of hydrogen-bond donors (Lipinski definition) is 1. The Hall–Kier alpha value is -2.81. The molecule has 0 aliphatic carbocycles. The Morgan fingerprint density at radius 3 is 2.55 bits per heavy atom. The van der Waals surface area contributed by atoms with Gasteiger partial charge in [-0.2, -0.15) is 0 Å². The number of para-hydroxylation sites is 2. The molecule has 3 rings (SSSR count). The summed E-state index contributed by atoms with van der Waals surface area (Å²) >= 11 is 0. The maximum Gasteiger partial charge on any atom is 0.232 e. The first kappa shape index (κ1) is 20.9. The van der Waals surface area contributed by atoms with E-state index in [0.717, 1.165) is 10.6 Å². The summed E-state index contributed by atoms with van der Waals surface area (Å²) in [6, 6.07) is 12.5. The Kier molecular flexibility index (Phi) is 6.58. The minimum Gasteiger partial charge on any atom is -0.486 e. The molecular formula is C20H23FN2O5S. The van der Waals surface area contributed by atoms with E-state index in [2.05, 4.69) is 5.32 Å². The fraction of sp³-hybridized carbons (Fsp3) is 0.350. The van der Waals surface area contributed by atoms with Gasteiger partial charge in [-0.15, -0.1) is 0 Å². The van der Waals surface area contributed by atoms with Crippen LogP contribution in [-0.4, -0.2) is 46.4 Å². The molecule has 7 nitrogen and oxygen atoms in total. The largest absolute Gasteiger partial charge is 0.486 e. The van der Waals surface area contributed by atoms with Crippen LogP contribution in [-0.2, 0) is 14.8 Å². The predicted molar refractivity (Wildman–Crippen MR) is 107 cm³/mol. The SMILES string of the molecule is CS(=O)(=O)N(CCCC(=O)NCC1COc2ccccc2O1)c1ccc(F)cc1. The average Bonchev–Trinajstić information content (AvgIpc) is 2.69. The molecule has 1 N–H and O–H groups in total. The number of halogens is 1. The number of nitrogens with one attached hydrogen (secondary N) is 1. The van der Waals surface area contributed by atoms with Gasteiger partial charge in [0.05, 0.1) is 18.5 Å². The van der Waals surface area contributed by atoms with Gasteiger partial charge in [0.15, 0.2) is 11.5 Å². The van der Waals surface area contributed by atoms with Crippen molar-refractivity contribution in [2.24, 2.45) is 0 Å². The summed E-state index contributed by atoms with van der Waals surface area (Å²) in [6.07, 6.45) is 1.26. The van der Waals surface area contributed by atoms with Gasteiger partial charge in [0, 0.05) is 13.0 Å². The molecule has 0 saturated carbocycles. The lowest BCUT2D eigenvalue weighted by atomic mass is 10.2. The lowest BCUT2D eigenvalue weighted by Gasteiger charge is -2.26. The fourth-order valence-electron chi connectivity index (χ4n) is 2.96. The third-order valence-corrected chi connectivity index (χ3v) is 5.57. The summed E-state index contributed by atoms with van der Waals surface area (Å²) in [5, 5.41) is 2.78. The second kappa shape index (κ2) is 9.13. The molecule has 2 aromatic carbocycles. The zero-order valence-corrected chi connectivity index (χ0v) is 16.8. The van der Waals surface area contributed by atoms with E-state index in [1.165, 1.54) is 24.3 Å². The van der Waals surface area contributed by atoms with Crippen LogP contribution < -0.4 is 19.1 Å². The van der Waals surface area contributed by atoms with Crippen molar-refractivity contribution >= 4 is 21.6 Å².